The van der Waals surface area contributed by atoms with Gasteiger partial charge in [-0.05, 0) is 6.42 Å². The number of aliphatic hydroxyl groups excluding tert-OH is 1. The molecule has 1 N–H and O–H groups in total. The van der Waals surface area contributed by atoms with E-state index in [1.807, 2.05) is 38.2 Å². The van der Waals surface area contributed by atoms with Crippen LogP contribution in [0.25, 0.3) is 0 Å². The minimum Gasteiger partial charge on any atom is -0.511 e. The van der Waals surface area contributed by atoms with E-state index in [4.69, 9.17) is 0 Å². The van der Waals surface area contributed by atoms with Gasteiger partial charge in [0, 0.05) is 11.5 Å². The van der Waals surface area contributed by atoms with E-state index in [1.54, 1.807) is 0 Å². The molecule has 0 radical (unpaired) electrons. The highest BCUT2D eigenvalue weighted by atomic mass is 16.3. The van der Waals surface area contributed by atoms with Crippen molar-refractivity contribution >= 4 is 0 Å². The lowest BCUT2D eigenvalue weighted by Gasteiger charge is -2.08. The van der Waals surface area contributed by atoms with Crippen LogP contribution in [0, 0.1) is 5.92 Å². The lowest BCUT2D eigenvalue weighted by atomic mass is 10.0. The molecule has 0 heterocycles. The van der Waals surface area contributed by atoms with Crippen LogP contribution in [0.15, 0.2) is 35.6 Å². The fourth-order valence-corrected chi connectivity index (χ4v) is 1.03. The third kappa shape index (κ3) is 1.97. The molecule has 0 aromatic rings. The molecule has 1 aliphatic rings. The van der Waals surface area contributed by atoms with E-state index >= 15 is 0 Å². The van der Waals surface area contributed by atoms with Gasteiger partial charge in [0.1, 0.15) is 5.76 Å². The van der Waals surface area contributed by atoms with E-state index in [9.17, 15) is 5.11 Å². The molecule has 1 heteroatoms. The molecule has 0 atom stereocenters. The Bertz CT molecular complexity index is 205. The zero-order valence-electron chi connectivity index (χ0n) is 7.04. The van der Waals surface area contributed by atoms with Gasteiger partial charge in [-0.3, -0.25) is 0 Å². The second kappa shape index (κ2) is 3.42. The predicted octanol–water partition coefficient (Wildman–Crippen LogP) is 2.97. The Morgan fingerprint density at radius 3 is 2.36 bits per heavy atom. The predicted molar refractivity (Wildman–Crippen MR) is 47.4 cm³/mol. The Hall–Kier alpha value is -0.980. The summed E-state index contributed by atoms with van der Waals surface area (Å²) in [6.45, 7) is 3.97. The summed E-state index contributed by atoms with van der Waals surface area (Å²) in [6.07, 6.45) is 9.02. The first-order valence-electron chi connectivity index (χ1n) is 3.98. The van der Waals surface area contributed by atoms with Crippen molar-refractivity contribution < 1.29 is 5.11 Å². The molecule has 1 nitrogen and oxygen atoms in total. The largest absolute Gasteiger partial charge is 0.511 e. The highest BCUT2D eigenvalue weighted by Crippen LogP contribution is 2.17. The minimum atomic E-state index is 0.220. The van der Waals surface area contributed by atoms with Gasteiger partial charge in [0.05, 0.1) is 0 Å². The van der Waals surface area contributed by atoms with Crippen LogP contribution in [0.4, 0.5) is 0 Å². The molecule has 11 heavy (non-hydrogen) atoms. The molecule has 0 unspecified atom stereocenters. The van der Waals surface area contributed by atoms with Gasteiger partial charge in [0.15, 0.2) is 0 Å². The van der Waals surface area contributed by atoms with E-state index < -0.39 is 0 Å². The van der Waals surface area contributed by atoms with Gasteiger partial charge < -0.3 is 5.11 Å². The summed E-state index contributed by atoms with van der Waals surface area (Å²) in [5.74, 6) is 0.703. The molecule has 60 valence electrons. The molecule has 0 aliphatic heterocycles. The molecular formula is C10H14O. The smallest absolute Gasteiger partial charge is 0.102 e. The summed E-state index contributed by atoms with van der Waals surface area (Å²) in [5, 5.41) is 9.53. The summed E-state index contributed by atoms with van der Waals surface area (Å²) in [6, 6.07) is 0. The Kier molecular flexibility index (Phi) is 2.53. The van der Waals surface area contributed by atoms with Crippen molar-refractivity contribution in [2.24, 2.45) is 5.92 Å². The van der Waals surface area contributed by atoms with Crippen LogP contribution in [0.1, 0.15) is 20.3 Å². The van der Waals surface area contributed by atoms with E-state index in [-0.39, 0.29) is 5.92 Å². The molecule has 0 saturated heterocycles. The molecule has 0 bridgehead atoms. The van der Waals surface area contributed by atoms with Gasteiger partial charge in [0.2, 0.25) is 0 Å². The van der Waals surface area contributed by atoms with Crippen molar-refractivity contribution in [1.29, 1.82) is 0 Å². The minimum absolute atomic E-state index is 0.220. The van der Waals surface area contributed by atoms with Crippen molar-refractivity contribution in [3.63, 3.8) is 0 Å². The summed E-state index contributed by atoms with van der Waals surface area (Å²) in [5.41, 5.74) is 0.950. The standard InChI is InChI=1S/C10H14O/c1-8(2)10(11)9-6-4-3-5-7-9/h4-8,11H,3H2,1-2H3. The van der Waals surface area contributed by atoms with Crippen LogP contribution >= 0.6 is 0 Å². The van der Waals surface area contributed by atoms with Gasteiger partial charge in [-0.2, -0.15) is 0 Å². The maximum absolute atomic E-state index is 9.53. The first-order valence-corrected chi connectivity index (χ1v) is 3.98. The summed E-state index contributed by atoms with van der Waals surface area (Å²) >= 11 is 0. The van der Waals surface area contributed by atoms with Gasteiger partial charge in [-0.1, -0.05) is 38.2 Å². The molecular weight excluding hydrogens is 136 g/mol. The fraction of sp³-hybridized carbons (Fsp3) is 0.400. The number of hydrogen-bond donors (Lipinski definition) is 1. The van der Waals surface area contributed by atoms with Crippen molar-refractivity contribution in [3.8, 4) is 0 Å². The SMILES string of the molecule is CC(C)C(O)=C1C=CCC=C1. The molecule has 1 rings (SSSR count). The van der Waals surface area contributed by atoms with Crippen LogP contribution < -0.4 is 0 Å². The molecule has 0 fully saturated rings. The third-order valence-corrected chi connectivity index (χ3v) is 1.71. The van der Waals surface area contributed by atoms with Gasteiger partial charge in [0.25, 0.3) is 0 Å². The zero-order valence-corrected chi connectivity index (χ0v) is 7.04. The van der Waals surface area contributed by atoms with E-state index in [0.29, 0.717) is 5.76 Å². The molecule has 0 aromatic carbocycles. The Balaban J connectivity index is 2.85. The van der Waals surface area contributed by atoms with Crippen molar-refractivity contribution in [2.45, 2.75) is 20.3 Å². The summed E-state index contributed by atoms with van der Waals surface area (Å²) in [7, 11) is 0. The second-order valence-electron chi connectivity index (χ2n) is 3.04. The Morgan fingerprint density at radius 2 is 1.91 bits per heavy atom. The Morgan fingerprint density at radius 1 is 1.36 bits per heavy atom. The second-order valence-corrected chi connectivity index (χ2v) is 3.04. The molecule has 0 spiro atoms. The highest BCUT2D eigenvalue weighted by Gasteiger charge is 2.04. The zero-order chi connectivity index (χ0) is 8.27. The topological polar surface area (TPSA) is 20.2 Å². The normalized spacial score (nSPS) is 16.1. The molecule has 0 saturated carbocycles. The number of aliphatic hydroxyl groups is 1. The molecule has 0 aromatic heterocycles. The highest BCUT2D eigenvalue weighted by molar-refractivity contribution is 5.36. The fourth-order valence-electron chi connectivity index (χ4n) is 1.03. The average molecular weight is 150 g/mol. The van der Waals surface area contributed by atoms with Crippen molar-refractivity contribution in [3.05, 3.63) is 35.6 Å². The number of hydrogen-bond acceptors (Lipinski definition) is 1. The first-order chi connectivity index (χ1) is 5.22. The van der Waals surface area contributed by atoms with Gasteiger partial charge in [-0.15, -0.1) is 0 Å². The molecule has 0 amide bonds. The first kappa shape index (κ1) is 8.12. The van der Waals surface area contributed by atoms with Gasteiger partial charge in [-0.25, -0.2) is 0 Å². The number of rotatable bonds is 1. The average Bonchev–Trinajstić information content (AvgIpc) is 2.05. The van der Waals surface area contributed by atoms with E-state index in [1.165, 1.54) is 0 Å². The quantitative estimate of drug-likeness (QED) is 0.570. The maximum Gasteiger partial charge on any atom is 0.102 e. The number of allylic oxidation sites excluding steroid dienone is 6. The lowest BCUT2D eigenvalue weighted by molar-refractivity contribution is 0.348. The Labute approximate surface area is 67.7 Å². The third-order valence-electron chi connectivity index (χ3n) is 1.71. The van der Waals surface area contributed by atoms with Crippen molar-refractivity contribution in [2.75, 3.05) is 0 Å². The van der Waals surface area contributed by atoms with Crippen LogP contribution in [0.3, 0.4) is 0 Å². The monoisotopic (exact) mass is 150 g/mol. The van der Waals surface area contributed by atoms with Crippen LogP contribution in [-0.4, -0.2) is 5.11 Å². The summed E-state index contributed by atoms with van der Waals surface area (Å²) in [4.78, 5) is 0. The van der Waals surface area contributed by atoms with Crippen LogP contribution in [0.2, 0.25) is 0 Å². The lowest BCUT2D eigenvalue weighted by Crippen LogP contribution is -1.96. The van der Waals surface area contributed by atoms with Crippen LogP contribution in [-0.2, 0) is 0 Å². The van der Waals surface area contributed by atoms with Crippen LogP contribution in [0.5, 0.6) is 0 Å². The maximum atomic E-state index is 9.53. The molecule has 1 aliphatic carbocycles. The van der Waals surface area contributed by atoms with Crippen molar-refractivity contribution in [1.82, 2.24) is 0 Å². The van der Waals surface area contributed by atoms with E-state index in [0.717, 1.165) is 12.0 Å². The van der Waals surface area contributed by atoms with Gasteiger partial charge >= 0.3 is 0 Å². The summed E-state index contributed by atoms with van der Waals surface area (Å²) < 4.78 is 0. The van der Waals surface area contributed by atoms with E-state index in [2.05, 4.69) is 0 Å².